The minimum absolute atomic E-state index is 0.113. The van der Waals surface area contributed by atoms with Gasteiger partial charge in [0.2, 0.25) is 5.91 Å². The number of aryl methyl sites for hydroxylation is 1. The number of halogens is 1. The van der Waals surface area contributed by atoms with E-state index in [1.165, 1.54) is 30.2 Å². The fourth-order valence-corrected chi connectivity index (χ4v) is 6.15. The van der Waals surface area contributed by atoms with E-state index < -0.39 is 5.97 Å². The van der Waals surface area contributed by atoms with Crippen molar-refractivity contribution in [2.75, 3.05) is 25.3 Å². The first-order chi connectivity index (χ1) is 16.4. The maximum Gasteiger partial charge on any atom is 0.341 e. The van der Waals surface area contributed by atoms with Gasteiger partial charge in [-0.1, -0.05) is 29.8 Å². The molecule has 11 heteroatoms. The number of anilines is 1. The van der Waals surface area contributed by atoms with Crippen LogP contribution in [0.25, 0.3) is 11.4 Å². The van der Waals surface area contributed by atoms with Crippen molar-refractivity contribution in [3.8, 4) is 17.1 Å². The van der Waals surface area contributed by atoms with Crippen molar-refractivity contribution in [1.29, 1.82) is 0 Å². The number of methoxy groups -OCH3 is 2. The van der Waals surface area contributed by atoms with E-state index in [0.717, 1.165) is 42.5 Å². The van der Waals surface area contributed by atoms with Crippen molar-refractivity contribution in [2.24, 2.45) is 7.05 Å². The summed E-state index contributed by atoms with van der Waals surface area (Å²) in [6.45, 7) is 0. The Balaban J connectivity index is 1.49. The number of aromatic nitrogens is 3. The van der Waals surface area contributed by atoms with Crippen LogP contribution in [0.4, 0.5) is 5.00 Å². The highest BCUT2D eigenvalue weighted by molar-refractivity contribution is 7.99. The van der Waals surface area contributed by atoms with Gasteiger partial charge >= 0.3 is 5.97 Å². The molecule has 180 valence electrons. The predicted molar refractivity (Wildman–Crippen MR) is 134 cm³/mol. The van der Waals surface area contributed by atoms with Gasteiger partial charge in [-0.2, -0.15) is 0 Å². The molecule has 1 N–H and O–H groups in total. The van der Waals surface area contributed by atoms with Gasteiger partial charge < -0.3 is 19.4 Å². The fraction of sp³-hybridized carbons (Fsp3) is 0.391. The average molecular weight is 521 g/mol. The second-order valence-corrected chi connectivity index (χ2v) is 10.3. The molecule has 1 aliphatic carbocycles. The van der Waals surface area contributed by atoms with E-state index in [-0.39, 0.29) is 11.7 Å². The van der Waals surface area contributed by atoms with Crippen molar-refractivity contribution in [3.63, 3.8) is 0 Å². The van der Waals surface area contributed by atoms with Crippen molar-refractivity contribution in [3.05, 3.63) is 39.2 Å². The maximum atomic E-state index is 12.8. The van der Waals surface area contributed by atoms with Crippen LogP contribution in [0, 0.1) is 0 Å². The molecule has 8 nitrogen and oxygen atoms in total. The van der Waals surface area contributed by atoms with E-state index in [9.17, 15) is 9.59 Å². The summed E-state index contributed by atoms with van der Waals surface area (Å²) in [5.41, 5.74) is 2.23. The predicted octanol–water partition coefficient (Wildman–Crippen LogP) is 4.99. The van der Waals surface area contributed by atoms with E-state index in [2.05, 4.69) is 15.5 Å². The van der Waals surface area contributed by atoms with Crippen molar-refractivity contribution >= 4 is 51.6 Å². The number of nitrogens with zero attached hydrogens (tertiary/aromatic N) is 3. The number of hydrogen-bond acceptors (Lipinski definition) is 8. The summed E-state index contributed by atoms with van der Waals surface area (Å²) in [7, 11) is 4.77. The molecule has 3 aromatic rings. The molecule has 1 aromatic carbocycles. The van der Waals surface area contributed by atoms with Crippen LogP contribution in [0.15, 0.2) is 23.4 Å². The quantitative estimate of drug-likeness (QED) is 0.266. The monoisotopic (exact) mass is 520 g/mol. The zero-order valence-corrected chi connectivity index (χ0v) is 21.5. The maximum absolute atomic E-state index is 12.8. The third kappa shape index (κ3) is 5.08. The Bertz CT molecular complexity index is 1220. The minimum atomic E-state index is -0.407. The van der Waals surface area contributed by atoms with E-state index in [0.29, 0.717) is 37.9 Å². The number of ether oxygens (including phenoxy) is 2. The molecule has 2 heterocycles. The smallest absolute Gasteiger partial charge is 0.341 e. The van der Waals surface area contributed by atoms with Crippen LogP contribution >= 0.6 is 34.7 Å². The SMILES string of the molecule is COC(=O)c1c(NC(=O)CSc2nnc(-c3cc(Cl)ccc3OC)n2C)sc2c1CCCCC2. The number of benzene rings is 1. The molecule has 1 amide bonds. The van der Waals surface area contributed by atoms with Crippen LogP contribution in [0.5, 0.6) is 5.75 Å². The zero-order valence-electron chi connectivity index (χ0n) is 19.1. The normalized spacial score (nSPS) is 13.2. The summed E-state index contributed by atoms with van der Waals surface area (Å²) in [5, 5.41) is 13.1. The second kappa shape index (κ2) is 10.8. The van der Waals surface area contributed by atoms with E-state index >= 15 is 0 Å². The number of amides is 1. The average Bonchev–Trinajstić information content (AvgIpc) is 3.27. The van der Waals surface area contributed by atoms with Gasteiger partial charge in [-0.05, 0) is 49.4 Å². The molecule has 0 saturated heterocycles. The molecular weight excluding hydrogens is 496 g/mol. The second-order valence-electron chi connectivity index (χ2n) is 7.81. The number of esters is 1. The number of rotatable bonds is 7. The molecule has 0 aliphatic heterocycles. The Morgan fingerprint density at radius 3 is 2.76 bits per heavy atom. The first-order valence-electron chi connectivity index (χ1n) is 10.8. The van der Waals surface area contributed by atoms with Gasteiger partial charge in [0, 0.05) is 16.9 Å². The first-order valence-corrected chi connectivity index (χ1v) is 13.0. The molecule has 0 bridgehead atoms. The van der Waals surface area contributed by atoms with Gasteiger partial charge in [0.1, 0.15) is 10.8 Å². The molecule has 0 spiro atoms. The lowest BCUT2D eigenvalue weighted by molar-refractivity contribution is -0.113. The molecule has 2 aromatic heterocycles. The number of fused-ring (bicyclic) bond motifs is 1. The Morgan fingerprint density at radius 2 is 2.00 bits per heavy atom. The summed E-state index contributed by atoms with van der Waals surface area (Å²) in [6, 6.07) is 5.28. The number of thiophene rings is 1. The highest BCUT2D eigenvalue weighted by Gasteiger charge is 2.26. The lowest BCUT2D eigenvalue weighted by atomic mass is 10.1. The van der Waals surface area contributed by atoms with E-state index in [1.54, 1.807) is 29.9 Å². The summed E-state index contributed by atoms with van der Waals surface area (Å²) >= 11 is 8.89. The van der Waals surface area contributed by atoms with Crippen molar-refractivity contribution in [2.45, 2.75) is 37.3 Å². The molecule has 1 aliphatic rings. The number of thioether (sulfide) groups is 1. The molecule has 0 atom stereocenters. The van der Waals surface area contributed by atoms with Gasteiger partial charge in [0.15, 0.2) is 11.0 Å². The first kappa shape index (κ1) is 24.6. The molecule has 0 fully saturated rings. The molecular formula is C23H25ClN4O4S2. The van der Waals surface area contributed by atoms with Crippen LogP contribution in [-0.4, -0.2) is 46.6 Å². The van der Waals surface area contributed by atoms with Crippen LogP contribution < -0.4 is 10.1 Å². The molecule has 4 rings (SSSR count). The molecule has 0 radical (unpaired) electrons. The highest BCUT2D eigenvalue weighted by atomic mass is 35.5. The minimum Gasteiger partial charge on any atom is -0.496 e. The molecule has 0 unspecified atom stereocenters. The summed E-state index contributed by atoms with van der Waals surface area (Å²) in [6.07, 6.45) is 5.01. The van der Waals surface area contributed by atoms with Crippen molar-refractivity contribution < 1.29 is 19.1 Å². The Labute approximate surface area is 211 Å². The topological polar surface area (TPSA) is 95.3 Å². The van der Waals surface area contributed by atoms with Gasteiger partial charge in [0.25, 0.3) is 0 Å². The van der Waals surface area contributed by atoms with E-state index in [4.69, 9.17) is 21.1 Å². The van der Waals surface area contributed by atoms with Crippen LogP contribution in [0.1, 0.15) is 40.1 Å². The largest absolute Gasteiger partial charge is 0.496 e. The Kier molecular flexibility index (Phi) is 7.80. The zero-order chi connectivity index (χ0) is 24.2. The summed E-state index contributed by atoms with van der Waals surface area (Å²) in [5.74, 6) is 0.688. The fourth-order valence-electron chi connectivity index (χ4n) is 3.97. The summed E-state index contributed by atoms with van der Waals surface area (Å²) in [4.78, 5) is 26.4. The van der Waals surface area contributed by atoms with Gasteiger partial charge in [0.05, 0.1) is 31.1 Å². The van der Waals surface area contributed by atoms with Crippen LogP contribution in [0.3, 0.4) is 0 Å². The van der Waals surface area contributed by atoms with E-state index in [1.807, 2.05) is 7.05 Å². The highest BCUT2D eigenvalue weighted by Crippen LogP contribution is 2.38. The van der Waals surface area contributed by atoms with Gasteiger partial charge in [-0.15, -0.1) is 21.5 Å². The standard InChI is InChI=1S/C23H25ClN4O4S2/c1-28-20(15-11-13(24)9-10-16(15)31-2)26-27-23(28)33-12-18(29)25-21-19(22(30)32-3)14-7-5-4-6-8-17(14)34-21/h9-11H,4-8,12H2,1-3H3,(H,25,29). The Morgan fingerprint density at radius 1 is 1.21 bits per heavy atom. The van der Waals surface area contributed by atoms with Crippen molar-refractivity contribution in [1.82, 2.24) is 14.8 Å². The number of carbonyl (C=O) groups excluding carboxylic acids is 2. The van der Waals surface area contributed by atoms with Crippen LogP contribution in [-0.2, 0) is 29.4 Å². The number of hydrogen-bond donors (Lipinski definition) is 1. The molecule has 0 saturated carbocycles. The third-order valence-corrected chi connectivity index (χ3v) is 8.10. The lowest BCUT2D eigenvalue weighted by Gasteiger charge is -2.09. The summed E-state index contributed by atoms with van der Waals surface area (Å²) < 4.78 is 12.2. The number of carbonyl (C=O) groups is 2. The lowest BCUT2D eigenvalue weighted by Crippen LogP contribution is -2.16. The number of nitrogens with one attached hydrogen (secondary N) is 1. The van der Waals surface area contributed by atoms with Crippen LogP contribution in [0.2, 0.25) is 5.02 Å². The molecule has 34 heavy (non-hydrogen) atoms. The van der Waals surface area contributed by atoms with Gasteiger partial charge in [-0.3, -0.25) is 4.79 Å². The Hall–Kier alpha value is -2.56. The van der Waals surface area contributed by atoms with Gasteiger partial charge in [-0.25, -0.2) is 4.79 Å². The third-order valence-electron chi connectivity index (χ3n) is 5.63.